The van der Waals surface area contributed by atoms with E-state index in [-0.39, 0.29) is 16.5 Å². The molecule has 8 heteroatoms. The first-order chi connectivity index (χ1) is 15.4. The zero-order chi connectivity index (χ0) is 22.5. The molecule has 5 rings (SSSR count). The number of aromatic nitrogens is 2. The molecule has 1 amide bonds. The molecule has 0 aliphatic heterocycles. The fraction of sp³-hybridized carbons (Fsp3) is 0.292. The van der Waals surface area contributed by atoms with Crippen LogP contribution in [0, 0.1) is 5.82 Å². The number of benzene rings is 2. The number of hydrogen-bond acceptors (Lipinski definition) is 3. The van der Waals surface area contributed by atoms with Crippen LogP contribution in [-0.4, -0.2) is 26.8 Å². The van der Waals surface area contributed by atoms with E-state index in [1.54, 1.807) is 24.4 Å². The summed E-state index contributed by atoms with van der Waals surface area (Å²) < 4.78 is 15.8. The minimum absolute atomic E-state index is 0.00674. The molecular formula is C24H21ClFN3O3. The monoisotopic (exact) mass is 453 g/mol. The van der Waals surface area contributed by atoms with Gasteiger partial charge in [-0.05, 0) is 67.5 Å². The van der Waals surface area contributed by atoms with Crippen LogP contribution in [0.3, 0.4) is 0 Å². The standard InChI is InChI=1S/C24H21ClFN3O3/c25-20-7-4-15(10-21(20)26)24(8-9-24)23(32)28-16-5-6-18(19(11-16)22(30)31)14-12-27-29(13-14)17-2-1-3-17/h4-7,10-13,17H,1-3,8-9H2,(H,28,32)(H,30,31). The summed E-state index contributed by atoms with van der Waals surface area (Å²) in [5.74, 6) is -1.95. The lowest BCUT2D eigenvalue weighted by molar-refractivity contribution is -0.118. The van der Waals surface area contributed by atoms with Gasteiger partial charge in [0.2, 0.25) is 5.91 Å². The first-order valence-electron chi connectivity index (χ1n) is 10.6. The van der Waals surface area contributed by atoms with Crippen LogP contribution in [0.15, 0.2) is 48.8 Å². The number of hydrogen-bond donors (Lipinski definition) is 2. The van der Waals surface area contributed by atoms with Crippen LogP contribution >= 0.6 is 11.6 Å². The highest BCUT2D eigenvalue weighted by molar-refractivity contribution is 6.30. The molecule has 1 heterocycles. The first-order valence-corrected chi connectivity index (χ1v) is 10.9. The molecule has 164 valence electrons. The van der Waals surface area contributed by atoms with Crippen LogP contribution in [0.4, 0.5) is 10.1 Å². The molecule has 1 aromatic heterocycles. The van der Waals surface area contributed by atoms with Crippen molar-refractivity contribution in [2.75, 3.05) is 5.32 Å². The summed E-state index contributed by atoms with van der Waals surface area (Å²) in [6.07, 6.45) is 8.06. The van der Waals surface area contributed by atoms with Gasteiger partial charge in [0.25, 0.3) is 0 Å². The van der Waals surface area contributed by atoms with E-state index >= 15 is 0 Å². The van der Waals surface area contributed by atoms with Crippen LogP contribution in [0.1, 0.15) is 54.1 Å². The van der Waals surface area contributed by atoms with Gasteiger partial charge in [0, 0.05) is 17.4 Å². The van der Waals surface area contributed by atoms with Crippen molar-refractivity contribution < 1.29 is 19.1 Å². The minimum atomic E-state index is -1.09. The Morgan fingerprint density at radius 3 is 2.59 bits per heavy atom. The summed E-state index contributed by atoms with van der Waals surface area (Å²) in [4.78, 5) is 25.0. The summed E-state index contributed by atoms with van der Waals surface area (Å²) >= 11 is 5.77. The van der Waals surface area contributed by atoms with Crippen LogP contribution in [0.25, 0.3) is 11.1 Å². The number of carboxylic acids is 1. The lowest BCUT2D eigenvalue weighted by Crippen LogP contribution is -2.28. The van der Waals surface area contributed by atoms with E-state index in [1.165, 1.54) is 24.6 Å². The predicted molar refractivity (Wildman–Crippen MR) is 118 cm³/mol. The Kier molecular flexibility index (Phi) is 5.01. The highest BCUT2D eigenvalue weighted by Crippen LogP contribution is 2.49. The van der Waals surface area contributed by atoms with Crippen LogP contribution in [0.2, 0.25) is 5.02 Å². The molecule has 3 aromatic rings. The summed E-state index contributed by atoms with van der Waals surface area (Å²) in [6.45, 7) is 0. The van der Waals surface area contributed by atoms with Gasteiger partial charge in [-0.2, -0.15) is 5.10 Å². The maximum Gasteiger partial charge on any atom is 0.336 e. The van der Waals surface area contributed by atoms with E-state index in [9.17, 15) is 19.1 Å². The largest absolute Gasteiger partial charge is 0.478 e. The third kappa shape index (κ3) is 3.56. The smallest absolute Gasteiger partial charge is 0.336 e. The Hall–Kier alpha value is -3.19. The molecule has 2 fully saturated rings. The minimum Gasteiger partial charge on any atom is -0.478 e. The molecule has 2 aromatic carbocycles. The number of carboxylic acid groups (broad SMARTS) is 1. The second-order valence-electron chi connectivity index (χ2n) is 8.52. The second kappa shape index (κ2) is 7.74. The SMILES string of the molecule is O=C(O)c1cc(NC(=O)C2(c3ccc(Cl)c(F)c3)CC2)ccc1-c1cnn(C2CCC2)c1. The number of rotatable bonds is 6. The fourth-order valence-electron chi connectivity index (χ4n) is 4.20. The van der Waals surface area contributed by atoms with Gasteiger partial charge < -0.3 is 10.4 Å². The third-order valence-corrected chi connectivity index (χ3v) is 6.83. The number of nitrogens with zero attached hydrogens (tertiary/aromatic N) is 2. The van der Waals surface area contributed by atoms with E-state index in [1.807, 2.05) is 10.9 Å². The van der Waals surface area contributed by atoms with Crippen molar-refractivity contribution in [1.29, 1.82) is 0 Å². The van der Waals surface area contributed by atoms with Crippen molar-refractivity contribution in [3.05, 3.63) is 70.8 Å². The lowest BCUT2D eigenvalue weighted by atomic mass is 9.93. The quantitative estimate of drug-likeness (QED) is 0.520. The zero-order valence-corrected chi connectivity index (χ0v) is 17.9. The highest BCUT2D eigenvalue weighted by Gasteiger charge is 2.51. The summed E-state index contributed by atoms with van der Waals surface area (Å²) in [5.41, 5.74) is 1.47. The zero-order valence-electron chi connectivity index (χ0n) is 17.1. The van der Waals surface area contributed by atoms with Gasteiger partial charge in [-0.25, -0.2) is 9.18 Å². The van der Waals surface area contributed by atoms with Gasteiger partial charge in [-0.1, -0.05) is 23.7 Å². The van der Waals surface area contributed by atoms with Gasteiger partial charge in [0.1, 0.15) is 5.82 Å². The summed E-state index contributed by atoms with van der Waals surface area (Å²) in [5, 5.41) is 17.0. The van der Waals surface area contributed by atoms with Crippen LogP contribution in [0.5, 0.6) is 0 Å². The number of nitrogens with one attached hydrogen (secondary N) is 1. The third-order valence-electron chi connectivity index (χ3n) is 6.53. The predicted octanol–water partition coefficient (Wildman–Crippen LogP) is 5.44. The Morgan fingerprint density at radius 2 is 1.97 bits per heavy atom. The molecule has 0 radical (unpaired) electrons. The number of aromatic carboxylic acids is 1. The molecule has 2 aliphatic rings. The molecule has 0 saturated heterocycles. The Morgan fingerprint density at radius 1 is 1.19 bits per heavy atom. The molecule has 2 aliphatic carbocycles. The van der Waals surface area contributed by atoms with Gasteiger partial charge in [-0.15, -0.1) is 0 Å². The number of amides is 1. The average Bonchev–Trinajstić information content (AvgIpc) is 3.41. The first kappa shape index (κ1) is 20.7. The van der Waals surface area contributed by atoms with Gasteiger partial charge in [0.15, 0.2) is 0 Å². The molecule has 6 nitrogen and oxygen atoms in total. The van der Waals surface area contributed by atoms with Crippen molar-refractivity contribution in [1.82, 2.24) is 9.78 Å². The maximum absolute atomic E-state index is 13.9. The molecule has 0 atom stereocenters. The van der Waals surface area contributed by atoms with Crippen molar-refractivity contribution in [2.45, 2.75) is 43.6 Å². The Balaban J connectivity index is 1.40. The number of carbonyl (C=O) groups is 2. The molecule has 0 spiro atoms. The average molecular weight is 454 g/mol. The normalized spacial score (nSPS) is 16.9. The Bertz CT molecular complexity index is 1230. The molecule has 32 heavy (non-hydrogen) atoms. The van der Waals surface area contributed by atoms with E-state index in [0.29, 0.717) is 35.7 Å². The lowest BCUT2D eigenvalue weighted by Gasteiger charge is -2.25. The number of anilines is 1. The molecular weight excluding hydrogens is 433 g/mol. The van der Waals surface area contributed by atoms with Crippen molar-refractivity contribution in [2.24, 2.45) is 0 Å². The highest BCUT2D eigenvalue weighted by atomic mass is 35.5. The number of halogens is 2. The van der Waals surface area contributed by atoms with Gasteiger partial charge >= 0.3 is 5.97 Å². The molecule has 2 saturated carbocycles. The molecule has 0 bridgehead atoms. The molecule has 0 unspecified atom stereocenters. The van der Waals surface area contributed by atoms with Crippen molar-refractivity contribution in [3.63, 3.8) is 0 Å². The van der Waals surface area contributed by atoms with Crippen LogP contribution < -0.4 is 5.32 Å². The fourth-order valence-corrected chi connectivity index (χ4v) is 4.31. The summed E-state index contributed by atoms with van der Waals surface area (Å²) in [6, 6.07) is 9.59. The van der Waals surface area contributed by atoms with E-state index < -0.39 is 17.2 Å². The number of carbonyl (C=O) groups excluding carboxylic acids is 1. The maximum atomic E-state index is 13.9. The van der Waals surface area contributed by atoms with E-state index in [4.69, 9.17) is 11.6 Å². The van der Waals surface area contributed by atoms with Crippen molar-refractivity contribution >= 4 is 29.2 Å². The van der Waals surface area contributed by atoms with Gasteiger partial charge in [0.05, 0.1) is 28.2 Å². The van der Waals surface area contributed by atoms with E-state index in [0.717, 1.165) is 18.4 Å². The Labute approximate surface area is 189 Å². The van der Waals surface area contributed by atoms with Gasteiger partial charge in [-0.3, -0.25) is 9.48 Å². The van der Waals surface area contributed by atoms with E-state index in [2.05, 4.69) is 10.4 Å². The summed E-state index contributed by atoms with van der Waals surface area (Å²) in [7, 11) is 0. The molecule has 2 N–H and O–H groups in total. The van der Waals surface area contributed by atoms with Crippen LogP contribution in [-0.2, 0) is 10.2 Å². The van der Waals surface area contributed by atoms with Crippen molar-refractivity contribution in [3.8, 4) is 11.1 Å². The second-order valence-corrected chi connectivity index (χ2v) is 8.93. The topological polar surface area (TPSA) is 84.2 Å².